The number of imidazole rings is 1. The summed E-state index contributed by atoms with van der Waals surface area (Å²) in [5.41, 5.74) is 14.5. The Balaban J connectivity index is 1.15. The van der Waals surface area contributed by atoms with Gasteiger partial charge in [-0.3, -0.25) is 72.5 Å². The quantitative estimate of drug-likeness (QED) is 0.0236. The van der Waals surface area contributed by atoms with Crippen LogP contribution in [0.2, 0.25) is 0 Å². The van der Waals surface area contributed by atoms with Gasteiger partial charge in [-0.25, -0.2) is 4.98 Å². The van der Waals surface area contributed by atoms with Crippen molar-refractivity contribution in [3.8, 4) is 0 Å². The number of nitrogens with one attached hydrogen (secondary N) is 17. The van der Waals surface area contributed by atoms with Crippen LogP contribution < -0.4 is 80.6 Å². The fraction of sp³-hybridized carbons (Fsp3) is 0.429. The molecule has 0 saturated carbocycles. The monoisotopic (exact) mass is 1590 g/mol. The van der Waals surface area contributed by atoms with Gasteiger partial charge in [0, 0.05) is 78.4 Å². The lowest BCUT2D eigenvalue weighted by Gasteiger charge is -2.29. The number of carboxylic acids is 1. The maximum atomic E-state index is 15.1. The Kier molecular flexibility index (Phi) is 31.9. The van der Waals surface area contributed by atoms with Crippen molar-refractivity contribution < 1.29 is 77.3 Å². The van der Waals surface area contributed by atoms with Gasteiger partial charge in [0.1, 0.15) is 66.5 Å². The van der Waals surface area contributed by atoms with Crippen LogP contribution in [0.5, 0.6) is 0 Å². The third-order valence-electron chi connectivity index (χ3n) is 19.3. The second-order valence-corrected chi connectivity index (χ2v) is 29.6. The van der Waals surface area contributed by atoms with Crippen LogP contribution in [0.3, 0.4) is 0 Å². The van der Waals surface area contributed by atoms with Crippen molar-refractivity contribution in [3.05, 3.63) is 138 Å². The van der Waals surface area contributed by atoms with Gasteiger partial charge in [-0.15, -0.1) is 11.8 Å². The van der Waals surface area contributed by atoms with E-state index in [9.17, 15) is 58.2 Å². The molecule has 23 N–H and O–H groups in total. The van der Waals surface area contributed by atoms with Crippen molar-refractivity contribution in [2.24, 2.45) is 29.2 Å². The first-order valence-electron chi connectivity index (χ1n) is 37.3. The van der Waals surface area contributed by atoms with E-state index in [0.717, 1.165) is 22.5 Å². The number of nitrogens with two attached hydrogens (primary N) is 2. The van der Waals surface area contributed by atoms with Crippen molar-refractivity contribution in [2.75, 3.05) is 31.2 Å². The van der Waals surface area contributed by atoms with Crippen molar-refractivity contribution in [1.29, 1.82) is 5.41 Å². The highest BCUT2D eigenvalue weighted by Gasteiger charge is 2.39. The predicted molar refractivity (Wildman–Crippen MR) is 422 cm³/mol. The topological polar surface area (TPSA) is 572 Å². The Bertz CT molecular complexity index is 4620. The molecule has 0 spiro atoms. The number of aromatic nitrogens is 4. The number of para-hydroxylation sites is 2. The summed E-state index contributed by atoms with van der Waals surface area (Å²) in [7, 11) is 0. The fourth-order valence-corrected chi connectivity index (χ4v) is 13.7. The second-order valence-electron chi connectivity index (χ2n) is 28.6. The number of aromatic amines is 3. The molecule has 37 heteroatoms. The summed E-state index contributed by atoms with van der Waals surface area (Å²) >= 11 is 0.857. The highest BCUT2D eigenvalue weighted by molar-refractivity contribution is 8.00. The normalized spacial score (nSPS) is 23.0. The first kappa shape index (κ1) is 87.2. The fourth-order valence-electron chi connectivity index (χ4n) is 12.8. The number of aliphatic carboxylic acids is 1. The van der Waals surface area contributed by atoms with Crippen LogP contribution >= 0.6 is 11.8 Å². The zero-order valence-corrected chi connectivity index (χ0v) is 64.7. The average molecular weight is 1590 g/mol. The van der Waals surface area contributed by atoms with Crippen molar-refractivity contribution in [2.45, 2.75) is 159 Å². The lowest BCUT2D eigenvalue weighted by atomic mass is 9.96. The number of carbonyl (C=O) groups excluding carboxylic acids is 13. The summed E-state index contributed by atoms with van der Waals surface area (Å²) in [6.45, 7) is 7.71. The SMILES string of the molecule is CC[C@H](C)[C@@H]1NC(=O)[C@H](Cc2ccc3ccccc3c2)NC(=O)CSC[C@@H](C(N)=O)NC(=O)[C@H](C(C)C)NC(=O)[C@H](Cc2c[nH]c3ccccc23)NC(=O)[C@H](Cc2c[nH]cn2)NC(=O)[C@H](C(C)C)NC(=O)[C@H](Cc2c[nH]c3ccccc23)NC(=O)[C@H](CC(=O)O)NC(=O)[C@H](CCCNC(=N)N)NC(=O)CNC(=O)[C@@H](CO)NC1=O. The smallest absolute Gasteiger partial charge is 0.305 e. The molecule has 36 nitrogen and oxygen atoms in total. The standard InChI is InChI=1S/C77H100N20O16S/c1-7-41(6)65-76(113)93-58(35-98)67(104)85-34-60(99)87-52(21-14-24-82-77(79)80)68(105)91-57(30-62(101)102)70(107)90-55(28-46-32-84-51-20-13-11-18-49(46)51)73(110)95-63(39(2)3)74(111)92-56(29-47-33-81-38-86-47)69(106)89-54(27-45-31-83-50-19-12-10-17-48(45)50)72(109)96-64(40(4)5)75(112)94-59(66(78)103)36-114-37-61(100)88-53(71(108)97-65)26-42-22-23-43-15-8-9-16-44(43)25-42/h8-13,15-20,22-23,25,31-33,38-41,52-59,63-65,83-84,98H,7,14,21,24,26-30,34-37H2,1-6H3,(H2,78,103)(H,81,86)(H,85,104)(H,87,99)(H,88,100)(H,89,106)(H,90,107)(H,91,105)(H,92,111)(H,93,113)(H,94,112)(H,95,110)(H,96,109)(H,97,108)(H,101,102)(H4,79,80,82)/t41-,52-,53-,54-,55-,56-,57-,58+,59-,63-,64-,65-/m0/s1. The lowest BCUT2D eigenvalue weighted by Crippen LogP contribution is -2.62. The number of aliphatic hydroxyl groups is 1. The number of hydrogen-bond acceptors (Lipinski definition) is 18. The molecular formula is C77H100N20O16S. The number of carbonyl (C=O) groups is 14. The molecule has 0 bridgehead atoms. The van der Waals surface area contributed by atoms with Crippen molar-refractivity contribution in [1.82, 2.24) is 89.1 Å². The zero-order chi connectivity index (χ0) is 82.9. The number of nitrogens with zero attached hydrogens (tertiary/aromatic N) is 1. The van der Waals surface area contributed by atoms with Gasteiger partial charge >= 0.3 is 5.97 Å². The number of thioether (sulfide) groups is 1. The van der Waals surface area contributed by atoms with E-state index >= 15 is 19.2 Å². The van der Waals surface area contributed by atoms with E-state index in [1.165, 1.54) is 12.5 Å². The number of amides is 13. The first-order valence-corrected chi connectivity index (χ1v) is 38.5. The first-order chi connectivity index (χ1) is 54.4. The Hall–Kier alpha value is -12.4. The van der Waals surface area contributed by atoms with Crippen LogP contribution in [-0.2, 0) is 92.8 Å². The molecule has 1 saturated heterocycles. The van der Waals surface area contributed by atoms with Crippen LogP contribution in [0, 0.1) is 23.2 Å². The Morgan fingerprint density at radius 2 is 1.04 bits per heavy atom. The summed E-state index contributed by atoms with van der Waals surface area (Å²) < 4.78 is 0. The minimum atomic E-state index is -2.00. The van der Waals surface area contributed by atoms with Crippen molar-refractivity contribution >= 4 is 133 Å². The molecule has 0 aliphatic carbocycles. The number of aliphatic hydroxyl groups excluding tert-OH is 1. The van der Waals surface area contributed by atoms with E-state index in [-0.39, 0.29) is 62.9 Å². The molecule has 4 aromatic carbocycles. The minimum Gasteiger partial charge on any atom is -0.481 e. The number of hydrogen-bond donors (Lipinski definition) is 21. The number of primary amides is 1. The number of guanidine groups is 1. The Morgan fingerprint density at radius 3 is 1.59 bits per heavy atom. The highest BCUT2D eigenvalue weighted by atomic mass is 32.2. The van der Waals surface area contributed by atoms with Crippen LogP contribution in [0.4, 0.5) is 0 Å². The molecule has 610 valence electrons. The molecule has 1 fully saturated rings. The van der Waals surface area contributed by atoms with E-state index in [0.29, 0.717) is 38.5 Å². The molecule has 7 aromatic rings. The van der Waals surface area contributed by atoms with Crippen LogP contribution in [0.25, 0.3) is 32.6 Å². The van der Waals surface area contributed by atoms with Gasteiger partial charge in [-0.2, -0.15) is 0 Å². The molecule has 13 amide bonds. The largest absolute Gasteiger partial charge is 0.481 e. The molecule has 1 aliphatic heterocycles. The van der Waals surface area contributed by atoms with Gasteiger partial charge in [0.15, 0.2) is 5.96 Å². The number of H-pyrrole nitrogens is 3. The predicted octanol–water partition coefficient (Wildman–Crippen LogP) is -1.43. The molecule has 4 heterocycles. The zero-order valence-electron chi connectivity index (χ0n) is 63.9. The molecule has 1 aliphatic rings. The minimum absolute atomic E-state index is 0.00367. The van der Waals surface area contributed by atoms with Crippen molar-refractivity contribution in [3.63, 3.8) is 0 Å². The summed E-state index contributed by atoms with van der Waals surface area (Å²) in [5.74, 6) is -17.8. The van der Waals surface area contributed by atoms with Gasteiger partial charge in [0.2, 0.25) is 76.8 Å². The van der Waals surface area contributed by atoms with Gasteiger partial charge in [-0.05, 0) is 70.2 Å². The van der Waals surface area contributed by atoms with Gasteiger partial charge in [-0.1, -0.05) is 127 Å². The van der Waals surface area contributed by atoms with Crippen LogP contribution in [0.1, 0.15) is 89.6 Å². The molecule has 8 rings (SSSR count). The summed E-state index contributed by atoms with van der Waals surface area (Å²) in [6, 6.07) is 9.37. The van der Waals surface area contributed by atoms with E-state index < -0.39 is 198 Å². The maximum Gasteiger partial charge on any atom is 0.305 e. The summed E-state index contributed by atoms with van der Waals surface area (Å²) in [4.78, 5) is 214. The Morgan fingerprint density at radius 1 is 0.544 bits per heavy atom. The van der Waals surface area contributed by atoms with Crippen LogP contribution in [0.15, 0.2) is 116 Å². The molecule has 3 aromatic heterocycles. The number of benzene rings is 4. The van der Waals surface area contributed by atoms with E-state index in [2.05, 4.69) is 89.1 Å². The molecule has 12 atom stereocenters. The summed E-state index contributed by atoms with van der Waals surface area (Å²) in [6.07, 6.45) is 3.87. The van der Waals surface area contributed by atoms with Gasteiger partial charge in [0.05, 0.1) is 37.3 Å². The maximum absolute atomic E-state index is 15.1. The molecule has 0 radical (unpaired) electrons. The van der Waals surface area contributed by atoms with E-state index in [1.807, 2.05) is 36.4 Å². The van der Waals surface area contributed by atoms with Gasteiger partial charge < -0.3 is 106 Å². The van der Waals surface area contributed by atoms with E-state index in [1.54, 1.807) is 109 Å². The Labute approximate surface area is 659 Å². The number of fused-ring (bicyclic) bond motifs is 3. The molecule has 114 heavy (non-hydrogen) atoms. The highest BCUT2D eigenvalue weighted by Crippen LogP contribution is 2.24. The lowest BCUT2D eigenvalue weighted by molar-refractivity contribution is -0.141. The molecule has 0 unspecified atom stereocenters. The van der Waals surface area contributed by atoms with Gasteiger partial charge in [0.25, 0.3) is 0 Å². The van der Waals surface area contributed by atoms with E-state index in [4.69, 9.17) is 16.9 Å². The number of rotatable bonds is 20. The third kappa shape index (κ3) is 25.0. The second kappa shape index (κ2) is 41.7. The molecular weight excluding hydrogens is 1490 g/mol. The summed E-state index contributed by atoms with van der Waals surface area (Å²) in [5, 5.41) is 65.0. The number of carboxylic acid groups (broad SMARTS) is 1. The average Bonchev–Trinajstić information content (AvgIpc) is 1.70. The van der Waals surface area contributed by atoms with Crippen LogP contribution in [-0.4, -0.2) is 217 Å². The third-order valence-corrected chi connectivity index (χ3v) is 20.4.